The molecule has 0 saturated carbocycles. The minimum absolute atomic E-state index is 0.0473. The number of fused-ring (bicyclic) bond motifs is 3. The van der Waals surface area contributed by atoms with Gasteiger partial charge in [-0.1, -0.05) is 12.1 Å². The standard InChI is InChI=1S/C37H36N2O8/c1-38-12-11-25-18-33-35(45-21-44-33)36(47-32-19-27-24(17-30(32)43-4)10-13-39(2)37(27)41)34(25)28(38)15-22-6-5-7-26(14-22)46-31-16-23(20-40)8-9-29(31)42-3/h5-9,14,16-20,28H,10-13,15,21H2,1-4H3/t28-/m0/s1. The van der Waals surface area contributed by atoms with Crippen molar-refractivity contribution in [2.45, 2.75) is 25.3 Å². The molecule has 0 aliphatic carbocycles. The number of methoxy groups -OCH3 is 2. The van der Waals surface area contributed by atoms with Gasteiger partial charge in [0, 0.05) is 42.9 Å². The molecule has 3 heterocycles. The minimum Gasteiger partial charge on any atom is -0.493 e. The highest BCUT2D eigenvalue weighted by Crippen LogP contribution is 2.52. The highest BCUT2D eigenvalue weighted by atomic mass is 16.7. The summed E-state index contributed by atoms with van der Waals surface area (Å²) in [6.07, 6.45) is 2.97. The Kier molecular flexibility index (Phi) is 8.11. The van der Waals surface area contributed by atoms with Crippen LogP contribution in [0.4, 0.5) is 0 Å². The molecule has 10 heteroatoms. The number of ether oxygens (including phenoxy) is 6. The zero-order chi connectivity index (χ0) is 32.7. The molecule has 0 saturated heterocycles. The highest BCUT2D eigenvalue weighted by Gasteiger charge is 2.35. The second kappa shape index (κ2) is 12.5. The molecule has 4 aromatic carbocycles. The van der Waals surface area contributed by atoms with Crippen LogP contribution in [0.5, 0.6) is 46.0 Å². The number of carbonyl (C=O) groups is 2. The predicted octanol–water partition coefficient (Wildman–Crippen LogP) is 6.23. The lowest BCUT2D eigenvalue weighted by Gasteiger charge is -2.36. The third-order valence-electron chi connectivity index (χ3n) is 9.12. The second-order valence-corrected chi connectivity index (χ2v) is 12.0. The molecule has 0 fully saturated rings. The van der Waals surface area contributed by atoms with Crippen LogP contribution in [0.3, 0.4) is 0 Å². The van der Waals surface area contributed by atoms with E-state index in [9.17, 15) is 9.59 Å². The first-order valence-corrected chi connectivity index (χ1v) is 15.6. The second-order valence-electron chi connectivity index (χ2n) is 12.0. The summed E-state index contributed by atoms with van der Waals surface area (Å²) in [6.45, 7) is 1.58. The molecule has 0 radical (unpaired) electrons. The molecule has 7 rings (SSSR count). The van der Waals surface area contributed by atoms with Crippen LogP contribution >= 0.6 is 0 Å². The van der Waals surface area contributed by atoms with E-state index in [1.807, 2.05) is 24.3 Å². The fourth-order valence-corrected chi connectivity index (χ4v) is 6.57. The molecule has 0 unspecified atom stereocenters. The normalized spacial score (nSPS) is 16.7. The van der Waals surface area contributed by atoms with Gasteiger partial charge in [0.15, 0.2) is 34.5 Å². The number of amides is 1. The lowest BCUT2D eigenvalue weighted by molar-refractivity contribution is 0.0780. The van der Waals surface area contributed by atoms with E-state index in [2.05, 4.69) is 24.1 Å². The summed E-state index contributed by atoms with van der Waals surface area (Å²) in [5.41, 5.74) is 5.19. The zero-order valence-corrected chi connectivity index (χ0v) is 26.8. The Morgan fingerprint density at radius 3 is 2.47 bits per heavy atom. The van der Waals surface area contributed by atoms with Crippen LogP contribution in [-0.4, -0.2) is 70.2 Å². The Bertz CT molecular complexity index is 1870. The van der Waals surface area contributed by atoms with Gasteiger partial charge in [-0.2, -0.15) is 0 Å². The van der Waals surface area contributed by atoms with Gasteiger partial charge in [0.25, 0.3) is 5.91 Å². The number of carbonyl (C=O) groups excluding carboxylic acids is 2. The van der Waals surface area contributed by atoms with E-state index in [0.717, 1.165) is 47.9 Å². The summed E-state index contributed by atoms with van der Waals surface area (Å²) in [6, 6.07) is 18.6. The van der Waals surface area contributed by atoms with Crippen molar-refractivity contribution in [1.82, 2.24) is 9.80 Å². The third-order valence-corrected chi connectivity index (χ3v) is 9.12. The zero-order valence-electron chi connectivity index (χ0n) is 26.8. The van der Waals surface area contributed by atoms with Crippen molar-refractivity contribution in [3.05, 3.63) is 94.0 Å². The van der Waals surface area contributed by atoms with Crippen LogP contribution in [0.25, 0.3) is 0 Å². The highest BCUT2D eigenvalue weighted by molar-refractivity contribution is 5.97. The first-order chi connectivity index (χ1) is 22.9. The molecular weight excluding hydrogens is 600 g/mol. The quantitative estimate of drug-likeness (QED) is 0.198. The van der Waals surface area contributed by atoms with Crippen molar-refractivity contribution in [2.75, 3.05) is 48.2 Å². The monoisotopic (exact) mass is 636 g/mol. The first kappa shape index (κ1) is 30.4. The molecule has 3 aliphatic heterocycles. The Morgan fingerprint density at radius 1 is 0.851 bits per heavy atom. The summed E-state index contributed by atoms with van der Waals surface area (Å²) in [4.78, 5) is 28.5. The van der Waals surface area contributed by atoms with E-state index >= 15 is 0 Å². The molecule has 0 aromatic heterocycles. The molecule has 3 aliphatic rings. The van der Waals surface area contributed by atoms with Crippen molar-refractivity contribution in [3.8, 4) is 46.0 Å². The first-order valence-electron chi connectivity index (χ1n) is 15.6. The van der Waals surface area contributed by atoms with Crippen molar-refractivity contribution >= 4 is 12.2 Å². The van der Waals surface area contributed by atoms with E-state index in [-0.39, 0.29) is 18.7 Å². The summed E-state index contributed by atoms with van der Waals surface area (Å²) in [5.74, 6) is 4.28. The summed E-state index contributed by atoms with van der Waals surface area (Å²) >= 11 is 0. The fourth-order valence-electron chi connectivity index (χ4n) is 6.57. The van der Waals surface area contributed by atoms with Gasteiger partial charge in [0.2, 0.25) is 12.5 Å². The molecule has 1 atom stereocenters. The Labute approximate surface area is 273 Å². The minimum atomic E-state index is -0.0807. The number of aldehydes is 1. The number of nitrogens with zero attached hydrogens (tertiary/aromatic N) is 2. The van der Waals surface area contributed by atoms with Gasteiger partial charge in [-0.3, -0.25) is 14.5 Å². The number of likely N-dealkylation sites (N-methyl/N-ethyl adjacent to an activating group) is 2. The smallest absolute Gasteiger partial charge is 0.254 e. The van der Waals surface area contributed by atoms with Crippen LogP contribution in [0, 0.1) is 0 Å². The van der Waals surface area contributed by atoms with E-state index in [0.29, 0.717) is 70.1 Å². The van der Waals surface area contributed by atoms with E-state index in [1.54, 1.807) is 50.4 Å². The lowest BCUT2D eigenvalue weighted by Crippen LogP contribution is -2.34. The fraction of sp³-hybridized carbons (Fsp3) is 0.297. The molecule has 47 heavy (non-hydrogen) atoms. The largest absolute Gasteiger partial charge is 0.493 e. The molecule has 4 aromatic rings. The molecule has 10 nitrogen and oxygen atoms in total. The maximum atomic E-state index is 13.1. The van der Waals surface area contributed by atoms with Gasteiger partial charge in [0.05, 0.1) is 14.2 Å². The van der Waals surface area contributed by atoms with Crippen molar-refractivity contribution in [3.63, 3.8) is 0 Å². The molecular formula is C37H36N2O8. The van der Waals surface area contributed by atoms with Gasteiger partial charge in [-0.15, -0.1) is 0 Å². The van der Waals surface area contributed by atoms with Crippen molar-refractivity contribution < 1.29 is 38.0 Å². The average molecular weight is 637 g/mol. The maximum Gasteiger partial charge on any atom is 0.254 e. The Hall–Kier alpha value is -5.22. The van der Waals surface area contributed by atoms with Crippen LogP contribution in [0.1, 0.15) is 49.0 Å². The molecule has 1 amide bonds. The van der Waals surface area contributed by atoms with Crippen molar-refractivity contribution in [1.29, 1.82) is 0 Å². The number of benzene rings is 4. The van der Waals surface area contributed by atoms with Gasteiger partial charge >= 0.3 is 0 Å². The number of rotatable bonds is 9. The summed E-state index contributed by atoms with van der Waals surface area (Å²) in [5, 5.41) is 0. The average Bonchev–Trinajstić information content (AvgIpc) is 3.56. The van der Waals surface area contributed by atoms with Crippen molar-refractivity contribution in [2.24, 2.45) is 0 Å². The van der Waals surface area contributed by atoms with E-state index in [4.69, 9.17) is 28.4 Å². The topological polar surface area (TPSA) is 96.0 Å². The molecule has 0 spiro atoms. The van der Waals surface area contributed by atoms with Crippen LogP contribution in [0.2, 0.25) is 0 Å². The van der Waals surface area contributed by atoms with Gasteiger partial charge in [0.1, 0.15) is 12.0 Å². The van der Waals surface area contributed by atoms with Gasteiger partial charge < -0.3 is 33.3 Å². The van der Waals surface area contributed by atoms with Crippen LogP contribution in [0.15, 0.2) is 60.7 Å². The maximum absolute atomic E-state index is 13.1. The Balaban J connectivity index is 1.26. The summed E-state index contributed by atoms with van der Waals surface area (Å²) < 4.78 is 36.1. The number of hydrogen-bond acceptors (Lipinski definition) is 9. The van der Waals surface area contributed by atoms with Gasteiger partial charge in [-0.25, -0.2) is 0 Å². The Morgan fingerprint density at radius 2 is 1.66 bits per heavy atom. The molecule has 242 valence electrons. The van der Waals surface area contributed by atoms with Crippen LogP contribution in [-0.2, 0) is 19.3 Å². The van der Waals surface area contributed by atoms with E-state index in [1.165, 1.54) is 0 Å². The van der Waals surface area contributed by atoms with E-state index < -0.39 is 0 Å². The summed E-state index contributed by atoms with van der Waals surface area (Å²) in [7, 11) is 7.08. The van der Waals surface area contributed by atoms with Crippen LogP contribution < -0.4 is 28.4 Å². The predicted molar refractivity (Wildman–Crippen MR) is 174 cm³/mol. The SMILES string of the molecule is COc1ccc(C=O)cc1Oc1cccc(C[C@H]2c3c(cc4c(c3Oc3cc5c(cc3OC)CCN(C)C5=O)OCO4)CCN2C)c1. The lowest BCUT2D eigenvalue weighted by atomic mass is 9.87. The third kappa shape index (κ3) is 5.69. The molecule has 0 N–H and O–H groups in total. The van der Waals surface area contributed by atoms with Gasteiger partial charge in [-0.05, 0) is 91.5 Å². The molecule has 0 bridgehead atoms. The number of hydrogen-bond donors (Lipinski definition) is 0.